The number of hydrogen-bond acceptors (Lipinski definition) is 15. The van der Waals surface area contributed by atoms with Crippen LogP contribution in [-0.4, -0.2) is 96.7 Å². The van der Waals surface area contributed by atoms with Gasteiger partial charge in [0.25, 0.3) is 0 Å². The van der Waals surface area contributed by atoms with Crippen molar-refractivity contribution in [1.29, 1.82) is 0 Å². The number of esters is 4. The van der Waals surface area contributed by atoms with Crippen molar-refractivity contribution in [1.82, 2.24) is 0 Å². The second-order valence-electron chi connectivity index (χ2n) is 27.5. The zero-order valence-corrected chi connectivity index (χ0v) is 62.7. The van der Waals surface area contributed by atoms with Crippen LogP contribution in [0.2, 0.25) is 0 Å². The van der Waals surface area contributed by atoms with Crippen LogP contribution in [0.1, 0.15) is 357 Å². The van der Waals surface area contributed by atoms with Crippen LogP contribution >= 0.6 is 15.6 Å². The topological polar surface area (TPSA) is 237 Å². The number of ether oxygens (including phenoxy) is 4. The average Bonchev–Trinajstić information content (AvgIpc) is 1.17. The minimum absolute atomic E-state index is 0.0844. The van der Waals surface area contributed by atoms with Crippen molar-refractivity contribution >= 4 is 39.5 Å². The van der Waals surface area contributed by atoms with Gasteiger partial charge in [0.1, 0.15) is 19.3 Å². The van der Waals surface area contributed by atoms with E-state index in [1.807, 2.05) is 0 Å². The highest BCUT2D eigenvalue weighted by Gasteiger charge is 2.30. The second kappa shape index (κ2) is 65.2. The minimum atomic E-state index is -4.96. The molecule has 0 bridgehead atoms. The smallest absolute Gasteiger partial charge is 0.462 e. The summed E-state index contributed by atoms with van der Waals surface area (Å²) in [7, 11) is -9.92. The first-order valence-corrected chi connectivity index (χ1v) is 41.2. The average molecular weight is 1380 g/mol. The maximum Gasteiger partial charge on any atom is 0.472 e. The monoisotopic (exact) mass is 1380 g/mol. The minimum Gasteiger partial charge on any atom is -0.462 e. The fraction of sp³-hybridized carbons (Fsp3) is 0.893. The third kappa shape index (κ3) is 66.8. The van der Waals surface area contributed by atoms with Crippen LogP contribution in [0.4, 0.5) is 0 Å². The number of allylic oxidation sites excluding steroid dienone is 4. The van der Waals surface area contributed by atoms with E-state index in [2.05, 4.69) is 72.8 Å². The molecule has 554 valence electrons. The van der Waals surface area contributed by atoms with Gasteiger partial charge in [0.2, 0.25) is 0 Å². The van der Waals surface area contributed by atoms with Gasteiger partial charge >= 0.3 is 39.5 Å². The van der Waals surface area contributed by atoms with Crippen LogP contribution in [0.5, 0.6) is 0 Å². The Labute approximate surface area is 573 Å². The summed E-state index contributed by atoms with van der Waals surface area (Å²) >= 11 is 0. The fourth-order valence-electron chi connectivity index (χ4n) is 10.9. The quantitative estimate of drug-likeness (QED) is 0.0169. The van der Waals surface area contributed by atoms with E-state index in [9.17, 15) is 43.2 Å². The summed E-state index contributed by atoms with van der Waals surface area (Å²) in [5, 5.41) is 10.6. The van der Waals surface area contributed by atoms with Crippen LogP contribution in [0.3, 0.4) is 0 Å². The van der Waals surface area contributed by atoms with Crippen molar-refractivity contribution in [2.24, 2.45) is 17.8 Å². The second-order valence-corrected chi connectivity index (χ2v) is 30.5. The number of hydrogen-bond donors (Lipinski definition) is 3. The molecule has 0 saturated carbocycles. The van der Waals surface area contributed by atoms with Gasteiger partial charge in [0, 0.05) is 25.7 Å². The van der Waals surface area contributed by atoms with Gasteiger partial charge in [-0.25, -0.2) is 9.13 Å². The SMILES string of the molecule is CCCCCC/C=C\C=C/CCCCCCCC(=O)O[C@H](COC(=O)CCCCCCCCCCCCC(C)C)COP(=O)(O)OC[C@@H](O)COP(=O)(O)OC[C@@H](COC(=O)CCCCCCCCC(C)CC)OC(=O)CCCCCCCCCCCCCCCC(C)C. The highest BCUT2D eigenvalue weighted by atomic mass is 31.2. The lowest BCUT2D eigenvalue weighted by atomic mass is 10.00. The Balaban J connectivity index is 5.29. The van der Waals surface area contributed by atoms with Gasteiger partial charge in [0.05, 0.1) is 26.4 Å². The van der Waals surface area contributed by atoms with Gasteiger partial charge in [-0.15, -0.1) is 0 Å². The van der Waals surface area contributed by atoms with Crippen molar-refractivity contribution in [3.8, 4) is 0 Å². The number of phosphoric acid groups is 2. The maximum atomic E-state index is 13.1. The van der Waals surface area contributed by atoms with Gasteiger partial charge in [-0.2, -0.15) is 0 Å². The van der Waals surface area contributed by atoms with Crippen molar-refractivity contribution in [2.45, 2.75) is 375 Å². The molecule has 0 aliphatic heterocycles. The first-order chi connectivity index (χ1) is 45.3. The predicted molar refractivity (Wildman–Crippen MR) is 381 cm³/mol. The summed E-state index contributed by atoms with van der Waals surface area (Å²) in [5.41, 5.74) is 0. The Morgan fingerprint density at radius 3 is 0.947 bits per heavy atom. The number of rotatable bonds is 71. The Bertz CT molecular complexity index is 1930. The number of carbonyl (C=O) groups is 4. The van der Waals surface area contributed by atoms with Gasteiger partial charge in [-0.05, 0) is 69.1 Å². The number of phosphoric ester groups is 2. The molecule has 0 amide bonds. The van der Waals surface area contributed by atoms with E-state index < -0.39 is 97.5 Å². The lowest BCUT2D eigenvalue weighted by molar-refractivity contribution is -0.161. The molecule has 19 heteroatoms. The van der Waals surface area contributed by atoms with Crippen molar-refractivity contribution in [2.75, 3.05) is 39.6 Å². The van der Waals surface area contributed by atoms with E-state index in [0.29, 0.717) is 25.7 Å². The molecule has 6 atom stereocenters. The number of carbonyl (C=O) groups excluding carboxylic acids is 4. The molecule has 94 heavy (non-hydrogen) atoms. The largest absolute Gasteiger partial charge is 0.472 e. The zero-order chi connectivity index (χ0) is 69.4. The summed E-state index contributed by atoms with van der Waals surface area (Å²) in [6.07, 6.45) is 53.5. The molecular formula is C75H142O17P2. The molecule has 0 spiro atoms. The Kier molecular flexibility index (Phi) is 63.5. The van der Waals surface area contributed by atoms with Crippen LogP contribution in [0.25, 0.3) is 0 Å². The summed E-state index contributed by atoms with van der Waals surface area (Å²) in [6, 6.07) is 0. The summed E-state index contributed by atoms with van der Waals surface area (Å²) in [6.45, 7) is 11.8. The number of unbranched alkanes of at least 4 members (excludes halogenated alkanes) is 35. The maximum absolute atomic E-state index is 13.1. The van der Waals surface area contributed by atoms with E-state index in [1.165, 1.54) is 148 Å². The van der Waals surface area contributed by atoms with Gasteiger partial charge in [-0.1, -0.05) is 304 Å². The standard InChI is InChI=1S/C75H142O17P2/c1-8-10-11-12-13-14-15-16-17-20-23-30-35-44-51-58-74(79)91-70(62-85-72(77)56-49-42-34-29-26-25-28-33-40-47-54-67(5)6)64-89-93(81,82)87-60-69(76)61-88-94(83,84)90-65-71(63-86-73(78)57-50-43-38-37-41-48-55-68(7)9-2)92-75(80)59-52-45-36-31-24-21-18-19-22-27-32-39-46-53-66(3)4/h14-17,66-71,76H,8-13,18-65H2,1-7H3,(H,81,82)(H,83,84)/b15-14-,17-16-/t68?,69-,70-,71-/m1/s1. The molecule has 0 rings (SSSR count). The molecule has 0 fully saturated rings. The van der Waals surface area contributed by atoms with E-state index in [4.69, 9.17) is 37.0 Å². The Hall–Kier alpha value is -2.46. The van der Waals surface area contributed by atoms with E-state index >= 15 is 0 Å². The molecular weight excluding hydrogens is 1230 g/mol. The lowest BCUT2D eigenvalue weighted by Gasteiger charge is -2.21. The highest BCUT2D eigenvalue weighted by molar-refractivity contribution is 7.47. The third-order valence-corrected chi connectivity index (χ3v) is 19.0. The molecule has 0 aliphatic carbocycles. The molecule has 0 aromatic rings. The summed E-state index contributed by atoms with van der Waals surface area (Å²) in [4.78, 5) is 72.7. The van der Waals surface area contributed by atoms with E-state index in [1.54, 1.807) is 0 Å². The summed E-state index contributed by atoms with van der Waals surface area (Å²) < 4.78 is 68.4. The van der Waals surface area contributed by atoms with Crippen molar-refractivity contribution < 1.29 is 80.2 Å². The van der Waals surface area contributed by atoms with Gasteiger partial charge < -0.3 is 33.8 Å². The van der Waals surface area contributed by atoms with Crippen LogP contribution < -0.4 is 0 Å². The summed E-state index contributed by atoms with van der Waals surface area (Å²) in [5.74, 6) is 0.119. The molecule has 0 radical (unpaired) electrons. The molecule has 0 heterocycles. The van der Waals surface area contributed by atoms with Gasteiger partial charge in [0.15, 0.2) is 12.2 Å². The molecule has 3 unspecified atom stereocenters. The molecule has 0 aromatic carbocycles. The van der Waals surface area contributed by atoms with Crippen molar-refractivity contribution in [3.63, 3.8) is 0 Å². The predicted octanol–water partition coefficient (Wildman–Crippen LogP) is 21.3. The first-order valence-electron chi connectivity index (χ1n) is 38.2. The van der Waals surface area contributed by atoms with E-state index in [0.717, 1.165) is 127 Å². The fourth-order valence-corrected chi connectivity index (χ4v) is 12.4. The van der Waals surface area contributed by atoms with Gasteiger partial charge in [-0.3, -0.25) is 37.3 Å². The number of aliphatic hydroxyl groups excluding tert-OH is 1. The van der Waals surface area contributed by atoms with Crippen molar-refractivity contribution in [3.05, 3.63) is 24.3 Å². The lowest BCUT2D eigenvalue weighted by Crippen LogP contribution is -2.30. The molecule has 0 saturated heterocycles. The zero-order valence-electron chi connectivity index (χ0n) is 60.9. The van der Waals surface area contributed by atoms with E-state index in [-0.39, 0.29) is 25.7 Å². The third-order valence-electron chi connectivity index (χ3n) is 17.1. The number of aliphatic hydroxyl groups is 1. The highest BCUT2D eigenvalue weighted by Crippen LogP contribution is 2.45. The molecule has 3 N–H and O–H groups in total. The Morgan fingerprint density at radius 1 is 0.351 bits per heavy atom. The van der Waals surface area contributed by atoms with Crippen LogP contribution in [0, 0.1) is 17.8 Å². The Morgan fingerprint density at radius 2 is 0.628 bits per heavy atom. The van der Waals surface area contributed by atoms with Crippen LogP contribution in [0.15, 0.2) is 24.3 Å². The molecule has 17 nitrogen and oxygen atoms in total. The van der Waals surface area contributed by atoms with Crippen LogP contribution in [-0.2, 0) is 65.4 Å². The normalized spacial score (nSPS) is 14.6. The first kappa shape index (κ1) is 91.5. The molecule has 0 aliphatic rings. The molecule has 0 aromatic heterocycles.